The number of benzene rings is 6. The van der Waals surface area contributed by atoms with Crippen LogP contribution in [-0.4, -0.2) is 17.6 Å². The van der Waals surface area contributed by atoms with Crippen LogP contribution in [-0.2, 0) is 0 Å². The van der Waals surface area contributed by atoms with Crippen molar-refractivity contribution < 1.29 is 13.9 Å². The summed E-state index contributed by atoms with van der Waals surface area (Å²) in [6, 6.07) is 62.6. The first-order chi connectivity index (χ1) is 22.3. The Morgan fingerprint density at radius 1 is 0.311 bits per heavy atom. The largest absolute Gasteiger partial charge is 0.467 e. The smallest absolute Gasteiger partial charge is 0.206 e. The zero-order valence-corrected chi connectivity index (χ0v) is 27.0. The molecule has 0 spiro atoms. The van der Waals surface area contributed by atoms with Crippen LogP contribution in [0.4, 0.5) is 0 Å². The number of hydrogen-bond acceptors (Lipinski definition) is 3. The van der Waals surface area contributed by atoms with E-state index in [-0.39, 0.29) is 0 Å². The summed E-state index contributed by atoms with van der Waals surface area (Å²) in [5.41, 5.74) is 0. The molecule has 0 aliphatic rings. The van der Waals surface area contributed by atoms with Crippen molar-refractivity contribution in [3.8, 4) is 23.0 Å². The molecule has 7 rings (SSSR count). The Morgan fingerprint density at radius 3 is 0.822 bits per heavy atom. The molecule has 0 saturated heterocycles. The maximum atomic E-state index is 7.31. The topological polar surface area (TPSA) is 31.6 Å². The molecule has 0 unspecified atom stereocenters. The molecular weight excluding hydrogens is 585 g/mol. The van der Waals surface area contributed by atoms with E-state index in [9.17, 15) is 0 Å². The van der Waals surface area contributed by atoms with Crippen molar-refractivity contribution in [2.24, 2.45) is 0 Å². The molecule has 218 valence electrons. The Labute approximate surface area is 267 Å². The van der Waals surface area contributed by atoms with Crippen LogP contribution in [0.2, 0.25) is 0 Å². The minimum Gasteiger partial charge on any atom is -0.467 e. The van der Waals surface area contributed by atoms with Crippen LogP contribution in [0.25, 0.3) is 0 Å². The molecule has 1 aromatic heterocycles. The van der Waals surface area contributed by atoms with Crippen molar-refractivity contribution in [1.29, 1.82) is 0 Å². The molecule has 0 aliphatic carbocycles. The second-order valence-electron chi connectivity index (χ2n) is 10.8. The van der Waals surface area contributed by atoms with Crippen molar-refractivity contribution >= 4 is 49.1 Å². The van der Waals surface area contributed by atoms with Crippen LogP contribution in [0.15, 0.2) is 186 Å². The Hall–Kier alpha value is -5.37. The van der Waals surface area contributed by atoms with Gasteiger partial charge in [-0.25, -0.2) is 0 Å². The van der Waals surface area contributed by atoms with Gasteiger partial charge < -0.3 is 13.9 Å². The lowest BCUT2D eigenvalue weighted by Gasteiger charge is -2.17. The normalized spacial score (nSPS) is 11.1. The summed E-state index contributed by atoms with van der Waals surface area (Å²) >= 11 is 0. The quantitative estimate of drug-likeness (QED) is 0.194. The number of rotatable bonds is 10. The summed E-state index contributed by atoms with van der Waals surface area (Å²) in [5.74, 6) is 2.76. The Kier molecular flexibility index (Phi) is 8.53. The molecule has 1 heterocycles. The van der Waals surface area contributed by atoms with Crippen LogP contribution in [0, 0.1) is 0 Å². The molecule has 0 saturated carbocycles. The van der Waals surface area contributed by atoms with E-state index >= 15 is 0 Å². The summed E-state index contributed by atoms with van der Waals surface area (Å²) in [5, 5.41) is 6.66. The Bertz CT molecular complexity index is 1710. The molecule has 6 aromatic carbocycles. The highest BCUT2D eigenvalue weighted by molar-refractivity contribution is 6.97. The van der Waals surface area contributed by atoms with Crippen molar-refractivity contribution in [3.05, 3.63) is 182 Å². The molecule has 45 heavy (non-hydrogen) atoms. The first kappa shape index (κ1) is 28.4. The molecule has 5 heteroatoms. The third-order valence-corrected chi connectivity index (χ3v) is 13.9. The van der Waals surface area contributed by atoms with E-state index in [1.54, 1.807) is 0 Å². The van der Waals surface area contributed by atoms with E-state index in [2.05, 4.69) is 121 Å². The minimum absolute atomic E-state index is 0.647. The van der Waals surface area contributed by atoms with E-state index in [4.69, 9.17) is 13.9 Å². The predicted octanol–water partition coefficient (Wildman–Crippen LogP) is 5.36. The summed E-state index contributed by atoms with van der Waals surface area (Å²) < 4.78 is 21.1. The number of para-hydroxylation sites is 2. The third kappa shape index (κ3) is 6.31. The van der Waals surface area contributed by atoms with E-state index < -0.39 is 17.6 Å². The van der Waals surface area contributed by atoms with E-state index in [1.807, 2.05) is 60.7 Å². The summed E-state index contributed by atoms with van der Waals surface area (Å²) in [4.78, 5) is 0. The lowest BCUT2D eigenvalue weighted by Crippen LogP contribution is -2.54. The van der Waals surface area contributed by atoms with E-state index in [0.29, 0.717) is 11.5 Å². The molecule has 0 radical (unpaired) electrons. The Balaban J connectivity index is 1.54. The predicted molar refractivity (Wildman–Crippen MR) is 190 cm³/mol. The van der Waals surface area contributed by atoms with Gasteiger partial charge in [-0.1, -0.05) is 158 Å². The second kappa shape index (κ2) is 13.5. The van der Waals surface area contributed by atoms with E-state index in [1.165, 1.54) is 20.7 Å². The number of hydrogen-bond donors (Lipinski definition) is 0. The van der Waals surface area contributed by atoms with Gasteiger partial charge in [0, 0.05) is 0 Å². The number of ether oxygens (including phenoxy) is 2. The summed E-state index contributed by atoms with van der Waals surface area (Å²) in [6.07, 6.45) is 0. The SMILES string of the molecule is c1ccc(Oc2c([SiH](c3ccccc3)c3ccccc3)oc([SiH](c3ccccc3)c3ccccc3)c2Oc2ccccc2)cc1. The highest BCUT2D eigenvalue weighted by Crippen LogP contribution is 2.34. The fraction of sp³-hybridized carbons (Fsp3) is 0. The van der Waals surface area contributed by atoms with E-state index in [0.717, 1.165) is 22.3 Å². The van der Waals surface area contributed by atoms with Crippen LogP contribution >= 0.6 is 0 Å². The van der Waals surface area contributed by atoms with Gasteiger partial charge in [-0.3, -0.25) is 0 Å². The molecule has 0 bridgehead atoms. The van der Waals surface area contributed by atoms with Crippen LogP contribution < -0.4 is 41.0 Å². The van der Waals surface area contributed by atoms with Gasteiger partial charge in [0.25, 0.3) is 0 Å². The van der Waals surface area contributed by atoms with Crippen molar-refractivity contribution in [3.63, 3.8) is 0 Å². The van der Waals surface area contributed by atoms with Gasteiger partial charge in [-0.15, -0.1) is 0 Å². The van der Waals surface area contributed by atoms with Gasteiger partial charge in [0.1, 0.15) is 22.3 Å². The van der Waals surface area contributed by atoms with Crippen LogP contribution in [0.3, 0.4) is 0 Å². The lowest BCUT2D eigenvalue weighted by atomic mass is 10.3. The van der Waals surface area contributed by atoms with Crippen molar-refractivity contribution in [2.75, 3.05) is 0 Å². The van der Waals surface area contributed by atoms with Gasteiger partial charge in [0.2, 0.25) is 11.5 Å². The summed E-state index contributed by atoms with van der Waals surface area (Å²) in [6.45, 7) is 0. The minimum atomic E-state index is -2.18. The van der Waals surface area contributed by atoms with Gasteiger partial charge in [-0.05, 0) is 45.0 Å². The highest BCUT2D eigenvalue weighted by Gasteiger charge is 2.37. The molecule has 0 N–H and O–H groups in total. The lowest BCUT2D eigenvalue weighted by molar-refractivity contribution is 0.426. The average molecular weight is 617 g/mol. The fourth-order valence-corrected chi connectivity index (χ4v) is 11.7. The zero-order valence-electron chi connectivity index (χ0n) is 24.7. The van der Waals surface area contributed by atoms with Gasteiger partial charge in [0.15, 0.2) is 17.6 Å². The van der Waals surface area contributed by atoms with Gasteiger partial charge >= 0.3 is 0 Å². The van der Waals surface area contributed by atoms with Crippen molar-refractivity contribution in [1.82, 2.24) is 0 Å². The molecule has 0 fully saturated rings. The Morgan fingerprint density at radius 2 is 0.556 bits per heavy atom. The monoisotopic (exact) mass is 616 g/mol. The maximum absolute atomic E-state index is 7.31. The van der Waals surface area contributed by atoms with Crippen molar-refractivity contribution in [2.45, 2.75) is 0 Å². The first-order valence-electron chi connectivity index (χ1n) is 15.2. The fourth-order valence-electron chi connectivity index (χ4n) is 5.79. The van der Waals surface area contributed by atoms with Crippen LogP contribution in [0.1, 0.15) is 0 Å². The van der Waals surface area contributed by atoms with Gasteiger partial charge in [0.05, 0.1) is 0 Å². The first-order valence-corrected chi connectivity index (χ1v) is 18.6. The molecule has 0 aliphatic heterocycles. The van der Waals surface area contributed by atoms with Crippen LogP contribution in [0.5, 0.6) is 23.0 Å². The standard InChI is InChI=1S/C40H32O3Si2/c1-7-19-31(20-8-1)41-37-38(42-32-21-9-2-10-22-32)40(45(35-27-15-5-16-28-35)36-29-17-6-18-30-36)43-39(37)44(33-23-11-3-12-24-33)34-25-13-4-14-26-34/h1-30,44-45H. The molecule has 0 amide bonds. The van der Waals surface area contributed by atoms with Gasteiger partial charge in [-0.2, -0.15) is 0 Å². The second-order valence-corrected chi connectivity index (χ2v) is 16.3. The third-order valence-electron chi connectivity index (χ3n) is 7.86. The maximum Gasteiger partial charge on any atom is 0.206 e. The highest BCUT2D eigenvalue weighted by atomic mass is 28.3. The number of furan rings is 1. The molecular formula is C40H32O3Si2. The molecule has 7 aromatic rings. The molecule has 3 nitrogen and oxygen atoms in total. The molecule has 0 atom stereocenters. The average Bonchev–Trinajstić information content (AvgIpc) is 3.43. The summed E-state index contributed by atoms with van der Waals surface area (Å²) in [7, 11) is -4.37. The zero-order chi connectivity index (χ0) is 30.3.